The zero-order valence-corrected chi connectivity index (χ0v) is 6.43. The summed E-state index contributed by atoms with van der Waals surface area (Å²) in [5.74, 6) is 2.59. The van der Waals surface area contributed by atoms with E-state index in [2.05, 4.69) is 13.2 Å². The van der Waals surface area contributed by atoms with E-state index >= 15 is 0 Å². The van der Waals surface area contributed by atoms with Gasteiger partial charge in [0.1, 0.15) is 0 Å². The number of rotatable bonds is 4. The summed E-state index contributed by atoms with van der Waals surface area (Å²) < 4.78 is 15.9. The van der Waals surface area contributed by atoms with Crippen LogP contribution >= 0.6 is 7.37 Å². The van der Waals surface area contributed by atoms with Crippen molar-refractivity contribution in [3.63, 3.8) is 0 Å². The normalized spacial score (nSPS) is 10.8. The summed E-state index contributed by atoms with van der Waals surface area (Å²) in [6.07, 6.45) is 0. The molecule has 0 aliphatic rings. The molecule has 2 nitrogen and oxygen atoms in total. The quantitative estimate of drug-likeness (QED) is 0.570. The molecule has 0 aliphatic carbocycles. The van der Waals surface area contributed by atoms with Crippen molar-refractivity contribution < 1.29 is 9.09 Å². The molecule has 9 heavy (non-hydrogen) atoms. The fourth-order valence-corrected chi connectivity index (χ4v) is 1.15. The van der Waals surface area contributed by atoms with Gasteiger partial charge in [0.05, 0.1) is 6.61 Å². The van der Waals surface area contributed by atoms with Crippen LogP contribution in [-0.2, 0) is 9.09 Å². The molecule has 0 N–H and O–H groups in total. The first-order chi connectivity index (χ1) is 4.18. The molecule has 0 heterocycles. The van der Waals surface area contributed by atoms with E-state index in [0.29, 0.717) is 6.61 Å². The third-order valence-electron chi connectivity index (χ3n) is 0.840. The highest BCUT2D eigenvalue weighted by Crippen LogP contribution is 2.48. The molecular formula is C6H11O2P. The van der Waals surface area contributed by atoms with Crippen molar-refractivity contribution in [2.45, 2.75) is 6.92 Å². The molecule has 0 aromatic rings. The topological polar surface area (TPSA) is 26.3 Å². The van der Waals surface area contributed by atoms with E-state index in [-0.39, 0.29) is 0 Å². The third kappa shape index (κ3) is 2.64. The average molecular weight is 146 g/mol. The van der Waals surface area contributed by atoms with E-state index < -0.39 is 7.37 Å². The Morgan fingerprint density at radius 3 is 2.11 bits per heavy atom. The highest BCUT2D eigenvalue weighted by molar-refractivity contribution is 7.65. The fraction of sp³-hybridized carbons (Fsp3) is 0.333. The van der Waals surface area contributed by atoms with E-state index in [0.717, 1.165) is 0 Å². The van der Waals surface area contributed by atoms with Gasteiger partial charge in [0.25, 0.3) is 0 Å². The maximum absolute atomic E-state index is 11.1. The Balaban J connectivity index is 4.10. The minimum Gasteiger partial charge on any atom is -0.323 e. The third-order valence-corrected chi connectivity index (χ3v) is 2.52. The van der Waals surface area contributed by atoms with Crippen molar-refractivity contribution in [2.75, 3.05) is 6.61 Å². The molecule has 0 atom stereocenters. The minimum atomic E-state index is -2.65. The molecular weight excluding hydrogens is 135 g/mol. The second kappa shape index (κ2) is 3.65. The molecule has 0 saturated heterocycles. The van der Waals surface area contributed by atoms with Crippen LogP contribution in [0.5, 0.6) is 0 Å². The summed E-state index contributed by atoms with van der Waals surface area (Å²) in [5, 5.41) is 0. The zero-order valence-electron chi connectivity index (χ0n) is 5.54. The van der Waals surface area contributed by atoms with E-state index in [1.54, 1.807) is 6.92 Å². The first-order valence-electron chi connectivity index (χ1n) is 2.69. The SMILES string of the molecule is C=CP(=O)(C=C)OCC. The van der Waals surface area contributed by atoms with Gasteiger partial charge < -0.3 is 4.52 Å². The summed E-state index contributed by atoms with van der Waals surface area (Å²) in [7, 11) is -2.65. The van der Waals surface area contributed by atoms with Crippen LogP contribution < -0.4 is 0 Å². The van der Waals surface area contributed by atoms with Crippen LogP contribution in [0.15, 0.2) is 24.8 Å². The summed E-state index contributed by atoms with van der Waals surface area (Å²) in [6, 6.07) is 0. The lowest BCUT2D eigenvalue weighted by Gasteiger charge is -2.05. The van der Waals surface area contributed by atoms with Crippen molar-refractivity contribution in [2.24, 2.45) is 0 Å². The fourth-order valence-electron chi connectivity index (χ4n) is 0.382. The van der Waals surface area contributed by atoms with Crippen LogP contribution in [0.2, 0.25) is 0 Å². The molecule has 0 radical (unpaired) electrons. The summed E-state index contributed by atoms with van der Waals surface area (Å²) >= 11 is 0. The summed E-state index contributed by atoms with van der Waals surface area (Å²) in [6.45, 7) is 8.93. The lowest BCUT2D eigenvalue weighted by Crippen LogP contribution is -1.81. The van der Waals surface area contributed by atoms with E-state index in [1.807, 2.05) is 0 Å². The summed E-state index contributed by atoms with van der Waals surface area (Å²) in [4.78, 5) is 0. The van der Waals surface area contributed by atoms with Gasteiger partial charge in [0, 0.05) is 0 Å². The van der Waals surface area contributed by atoms with Gasteiger partial charge in [0.2, 0.25) is 7.37 Å². The van der Waals surface area contributed by atoms with E-state index in [1.165, 1.54) is 11.6 Å². The van der Waals surface area contributed by atoms with Gasteiger partial charge in [-0.05, 0) is 18.6 Å². The van der Waals surface area contributed by atoms with Crippen LogP contribution in [0.1, 0.15) is 6.92 Å². The van der Waals surface area contributed by atoms with Crippen LogP contribution in [0.25, 0.3) is 0 Å². The van der Waals surface area contributed by atoms with Crippen molar-refractivity contribution >= 4 is 7.37 Å². The average Bonchev–Trinajstić information content (AvgIpc) is 1.89. The molecule has 0 amide bonds. The Morgan fingerprint density at radius 2 is 2.00 bits per heavy atom. The number of hydrogen-bond donors (Lipinski definition) is 0. The van der Waals surface area contributed by atoms with Gasteiger partial charge in [-0.1, -0.05) is 13.2 Å². The van der Waals surface area contributed by atoms with Crippen molar-refractivity contribution in [3.8, 4) is 0 Å². The second-order valence-electron chi connectivity index (χ2n) is 1.43. The highest BCUT2D eigenvalue weighted by atomic mass is 31.2. The van der Waals surface area contributed by atoms with Crippen LogP contribution in [0.4, 0.5) is 0 Å². The lowest BCUT2D eigenvalue weighted by molar-refractivity contribution is 0.347. The molecule has 0 aromatic carbocycles. The molecule has 0 aliphatic heterocycles. The van der Waals surface area contributed by atoms with Gasteiger partial charge in [-0.25, -0.2) is 0 Å². The molecule has 0 rings (SSSR count). The molecule has 0 bridgehead atoms. The molecule has 0 aromatic heterocycles. The van der Waals surface area contributed by atoms with Gasteiger partial charge in [-0.15, -0.1) is 0 Å². The largest absolute Gasteiger partial charge is 0.323 e. The van der Waals surface area contributed by atoms with Gasteiger partial charge in [0.15, 0.2) is 0 Å². The Morgan fingerprint density at radius 1 is 1.56 bits per heavy atom. The molecule has 3 heteroatoms. The maximum atomic E-state index is 11.1. The molecule has 52 valence electrons. The zero-order chi connectivity index (χ0) is 7.33. The molecule has 0 unspecified atom stereocenters. The Labute approximate surface area is 55.7 Å². The van der Waals surface area contributed by atoms with Gasteiger partial charge in [-0.3, -0.25) is 4.57 Å². The molecule has 0 spiro atoms. The van der Waals surface area contributed by atoms with Gasteiger partial charge >= 0.3 is 0 Å². The highest BCUT2D eigenvalue weighted by Gasteiger charge is 2.09. The first kappa shape index (κ1) is 8.67. The second-order valence-corrected chi connectivity index (χ2v) is 3.71. The minimum absolute atomic E-state index is 0.426. The van der Waals surface area contributed by atoms with Crippen molar-refractivity contribution in [3.05, 3.63) is 24.8 Å². The molecule has 0 saturated carbocycles. The van der Waals surface area contributed by atoms with Crippen LogP contribution in [0.3, 0.4) is 0 Å². The Hall–Kier alpha value is -0.330. The molecule has 0 fully saturated rings. The van der Waals surface area contributed by atoms with E-state index in [4.69, 9.17) is 4.52 Å². The maximum Gasteiger partial charge on any atom is 0.246 e. The first-order valence-corrected chi connectivity index (χ1v) is 4.46. The van der Waals surface area contributed by atoms with E-state index in [9.17, 15) is 4.57 Å². The number of hydrogen-bond acceptors (Lipinski definition) is 2. The predicted molar refractivity (Wildman–Crippen MR) is 39.6 cm³/mol. The van der Waals surface area contributed by atoms with Crippen molar-refractivity contribution in [1.82, 2.24) is 0 Å². The van der Waals surface area contributed by atoms with Gasteiger partial charge in [-0.2, -0.15) is 0 Å². The monoisotopic (exact) mass is 146 g/mol. The summed E-state index contributed by atoms with van der Waals surface area (Å²) in [5.41, 5.74) is 0. The van der Waals surface area contributed by atoms with Crippen LogP contribution in [0, 0.1) is 0 Å². The predicted octanol–water partition coefficient (Wildman–Crippen LogP) is 2.59. The lowest BCUT2D eigenvalue weighted by atomic mass is 10.9. The van der Waals surface area contributed by atoms with Crippen molar-refractivity contribution in [1.29, 1.82) is 0 Å². The van der Waals surface area contributed by atoms with Crippen LogP contribution in [-0.4, -0.2) is 6.61 Å². The Kier molecular flexibility index (Phi) is 3.52. The standard InChI is InChI=1S/C6H11O2P/c1-4-8-9(7,5-2)6-3/h5-6H,2-4H2,1H3. The smallest absolute Gasteiger partial charge is 0.246 e. The Bertz CT molecular complexity index is 139.